The maximum Gasteiger partial charge on any atom is 0.0726 e. The first-order chi connectivity index (χ1) is 26.5. The van der Waals surface area contributed by atoms with Crippen LogP contribution in [-0.4, -0.2) is 0 Å². The molecular formula is C53H41N. The van der Waals surface area contributed by atoms with Crippen LogP contribution in [0.2, 0.25) is 0 Å². The minimum Gasteiger partial charge on any atom is -0.310 e. The predicted octanol–water partition coefficient (Wildman–Crippen LogP) is 14.0. The number of nitrogens with zero attached hydrogens (tertiary/aromatic N) is 1. The van der Waals surface area contributed by atoms with Crippen LogP contribution >= 0.6 is 0 Å². The van der Waals surface area contributed by atoms with E-state index in [0.29, 0.717) is 0 Å². The summed E-state index contributed by atoms with van der Waals surface area (Å²) < 4.78 is 0. The Bertz CT molecular complexity index is 2680. The molecule has 0 amide bonds. The molecule has 0 aliphatic heterocycles. The van der Waals surface area contributed by atoms with Crippen molar-refractivity contribution in [2.24, 2.45) is 0 Å². The van der Waals surface area contributed by atoms with E-state index in [9.17, 15) is 0 Å². The van der Waals surface area contributed by atoms with Gasteiger partial charge in [0.1, 0.15) is 0 Å². The minimum atomic E-state index is -0.485. The quantitative estimate of drug-likeness (QED) is 0.168. The summed E-state index contributed by atoms with van der Waals surface area (Å²) in [6.45, 7) is 11.3. The van der Waals surface area contributed by atoms with Crippen molar-refractivity contribution < 1.29 is 0 Å². The number of anilines is 3. The van der Waals surface area contributed by atoms with Gasteiger partial charge in [-0.2, -0.15) is 0 Å². The second-order valence-electron chi connectivity index (χ2n) is 15.2. The number of fused-ring (bicyclic) bond motifs is 10. The summed E-state index contributed by atoms with van der Waals surface area (Å²) >= 11 is 0. The number of hydrogen-bond donors (Lipinski definition) is 0. The highest BCUT2D eigenvalue weighted by Crippen LogP contribution is 2.63. The van der Waals surface area contributed by atoms with E-state index in [2.05, 4.69) is 214 Å². The molecule has 7 aromatic rings. The summed E-state index contributed by atoms with van der Waals surface area (Å²) in [6.07, 6.45) is 6.57. The number of rotatable bonds is 6. The fourth-order valence-corrected chi connectivity index (χ4v) is 9.91. The Hall–Kier alpha value is -6.44. The van der Waals surface area contributed by atoms with Crippen LogP contribution in [-0.2, 0) is 10.8 Å². The molecule has 10 rings (SSSR count). The van der Waals surface area contributed by atoms with E-state index in [4.69, 9.17) is 0 Å². The second kappa shape index (κ2) is 12.0. The maximum atomic E-state index is 4.40. The molecule has 0 heterocycles. The van der Waals surface area contributed by atoms with Crippen LogP contribution in [0, 0.1) is 0 Å². The lowest BCUT2D eigenvalue weighted by molar-refractivity contribution is 0.660. The molecule has 0 radical (unpaired) electrons. The zero-order valence-electron chi connectivity index (χ0n) is 31.0. The van der Waals surface area contributed by atoms with Crippen LogP contribution in [0.5, 0.6) is 0 Å². The van der Waals surface area contributed by atoms with Crippen molar-refractivity contribution in [1.29, 1.82) is 0 Å². The molecule has 258 valence electrons. The average Bonchev–Trinajstić information content (AvgIpc) is 3.76. The van der Waals surface area contributed by atoms with Gasteiger partial charge in [0.05, 0.1) is 11.1 Å². The Morgan fingerprint density at radius 1 is 0.481 bits per heavy atom. The lowest BCUT2D eigenvalue weighted by Crippen LogP contribution is -2.27. The van der Waals surface area contributed by atoms with Gasteiger partial charge in [-0.3, -0.25) is 0 Å². The average molecular weight is 692 g/mol. The van der Waals surface area contributed by atoms with Crippen LogP contribution in [0.3, 0.4) is 0 Å². The predicted molar refractivity (Wildman–Crippen MR) is 228 cm³/mol. The number of para-hydroxylation sites is 1. The van der Waals surface area contributed by atoms with Crippen molar-refractivity contribution in [2.75, 3.05) is 4.90 Å². The van der Waals surface area contributed by atoms with E-state index in [1.807, 2.05) is 0 Å². The third-order valence-electron chi connectivity index (χ3n) is 12.2. The molecule has 0 saturated heterocycles. The molecule has 3 aliphatic carbocycles. The molecule has 1 nitrogen and oxygen atoms in total. The molecule has 54 heavy (non-hydrogen) atoms. The molecule has 0 unspecified atom stereocenters. The minimum absolute atomic E-state index is 0.129. The SMILES string of the molecule is C=CC1=C(/C=C\C)C2(c3cc(N(c4ccc5c(c4)C(C)(C)c4ccccc4-5)c4ccccc4-c4ccccc4)ccc31)c1ccccc1-c1ccccc12. The number of allylic oxidation sites excluding steroid dienone is 5. The molecule has 1 heteroatoms. The number of hydrogen-bond acceptors (Lipinski definition) is 1. The van der Waals surface area contributed by atoms with Gasteiger partial charge in [0, 0.05) is 22.4 Å². The van der Waals surface area contributed by atoms with Crippen molar-refractivity contribution in [3.8, 4) is 33.4 Å². The van der Waals surface area contributed by atoms with Crippen LogP contribution in [0.4, 0.5) is 17.1 Å². The lowest BCUT2D eigenvalue weighted by atomic mass is 9.69. The molecule has 0 fully saturated rings. The summed E-state index contributed by atoms with van der Waals surface area (Å²) in [7, 11) is 0. The fourth-order valence-electron chi connectivity index (χ4n) is 9.91. The highest BCUT2D eigenvalue weighted by Gasteiger charge is 2.52. The van der Waals surface area contributed by atoms with Gasteiger partial charge in [-0.25, -0.2) is 0 Å². The van der Waals surface area contributed by atoms with Gasteiger partial charge in [-0.15, -0.1) is 0 Å². The molecule has 0 bridgehead atoms. The van der Waals surface area contributed by atoms with Gasteiger partial charge >= 0.3 is 0 Å². The van der Waals surface area contributed by atoms with E-state index < -0.39 is 5.41 Å². The molecule has 1 spiro atoms. The van der Waals surface area contributed by atoms with E-state index in [1.165, 1.54) is 77.9 Å². The van der Waals surface area contributed by atoms with Crippen molar-refractivity contribution in [2.45, 2.75) is 31.6 Å². The molecule has 3 aliphatic rings. The summed E-state index contributed by atoms with van der Waals surface area (Å²) in [5, 5.41) is 0. The zero-order chi connectivity index (χ0) is 36.6. The summed E-state index contributed by atoms with van der Waals surface area (Å²) in [6, 6.07) is 60.8. The fraction of sp³-hybridized carbons (Fsp3) is 0.0943. The second-order valence-corrected chi connectivity index (χ2v) is 15.2. The van der Waals surface area contributed by atoms with E-state index in [0.717, 1.165) is 17.1 Å². The maximum absolute atomic E-state index is 4.40. The topological polar surface area (TPSA) is 3.24 Å². The normalized spacial score (nSPS) is 15.2. The molecule has 0 N–H and O–H groups in total. The van der Waals surface area contributed by atoms with Crippen molar-refractivity contribution in [3.63, 3.8) is 0 Å². The molecular weight excluding hydrogens is 651 g/mol. The largest absolute Gasteiger partial charge is 0.310 e. The highest BCUT2D eigenvalue weighted by atomic mass is 15.1. The third kappa shape index (κ3) is 4.33. The van der Waals surface area contributed by atoms with E-state index in [-0.39, 0.29) is 5.41 Å². The molecule has 0 aromatic heterocycles. The van der Waals surface area contributed by atoms with Crippen LogP contribution < -0.4 is 4.90 Å². The monoisotopic (exact) mass is 691 g/mol. The van der Waals surface area contributed by atoms with Crippen molar-refractivity contribution >= 4 is 22.6 Å². The van der Waals surface area contributed by atoms with Gasteiger partial charge in [0.25, 0.3) is 0 Å². The number of benzene rings is 7. The first-order valence-corrected chi connectivity index (χ1v) is 19.0. The Morgan fingerprint density at radius 2 is 0.981 bits per heavy atom. The zero-order valence-corrected chi connectivity index (χ0v) is 31.0. The molecule has 0 atom stereocenters. The summed E-state index contributed by atoms with van der Waals surface area (Å²) in [4.78, 5) is 2.49. The summed E-state index contributed by atoms with van der Waals surface area (Å²) in [5.41, 5.74) is 20.8. The Labute approximate surface area is 318 Å². The van der Waals surface area contributed by atoms with Crippen LogP contribution in [0.1, 0.15) is 54.2 Å². The van der Waals surface area contributed by atoms with E-state index >= 15 is 0 Å². The lowest BCUT2D eigenvalue weighted by Gasteiger charge is -2.34. The van der Waals surface area contributed by atoms with E-state index in [1.54, 1.807) is 0 Å². The van der Waals surface area contributed by atoms with Crippen LogP contribution in [0.15, 0.2) is 194 Å². The smallest absolute Gasteiger partial charge is 0.0726 e. The Morgan fingerprint density at radius 3 is 1.61 bits per heavy atom. The Balaban J connectivity index is 1.27. The Kier molecular flexibility index (Phi) is 7.19. The van der Waals surface area contributed by atoms with Gasteiger partial charge < -0.3 is 4.90 Å². The standard InChI is InChI=1S/C53H41N/c1-5-18-46-38(6-2)43-31-29-37(34-50(43)53(46)47-26-15-11-23-41(47)42-24-12-16-27-48(42)53)54(51-28-17-13-21-39(51)35-19-8-7-9-20-35)36-30-32-44-40-22-10-14-25-45(40)52(3,4)49(44)33-36/h5-34H,2H2,1,3-4H3/b18-5-. The highest BCUT2D eigenvalue weighted by molar-refractivity contribution is 5.99. The first-order valence-electron chi connectivity index (χ1n) is 19.0. The molecule has 7 aromatic carbocycles. The first kappa shape index (κ1) is 32.2. The van der Waals surface area contributed by atoms with Gasteiger partial charge in [-0.05, 0) is 110 Å². The van der Waals surface area contributed by atoms with Crippen molar-refractivity contribution in [1.82, 2.24) is 0 Å². The third-order valence-corrected chi connectivity index (χ3v) is 12.2. The van der Waals surface area contributed by atoms with Crippen molar-refractivity contribution in [3.05, 3.63) is 228 Å². The van der Waals surface area contributed by atoms with Gasteiger partial charge in [-0.1, -0.05) is 172 Å². The molecule has 0 saturated carbocycles. The van der Waals surface area contributed by atoms with Crippen LogP contribution in [0.25, 0.3) is 39.0 Å². The summed E-state index contributed by atoms with van der Waals surface area (Å²) in [5.74, 6) is 0. The van der Waals surface area contributed by atoms with Gasteiger partial charge in [0.2, 0.25) is 0 Å². The van der Waals surface area contributed by atoms with Gasteiger partial charge in [0.15, 0.2) is 0 Å².